The van der Waals surface area contributed by atoms with Crippen LogP contribution in [0.3, 0.4) is 0 Å². The number of benzene rings is 2. The Morgan fingerprint density at radius 3 is 2.56 bits per heavy atom. The predicted octanol–water partition coefficient (Wildman–Crippen LogP) is 3.36. The molecule has 7 nitrogen and oxygen atoms in total. The van der Waals surface area contributed by atoms with Crippen molar-refractivity contribution in [2.45, 2.75) is 38.6 Å². The van der Waals surface area contributed by atoms with E-state index in [1.807, 2.05) is 10.8 Å². The molecule has 0 aromatic heterocycles. The van der Waals surface area contributed by atoms with Gasteiger partial charge in [-0.05, 0) is 65.8 Å². The van der Waals surface area contributed by atoms with Gasteiger partial charge in [0, 0.05) is 30.0 Å². The van der Waals surface area contributed by atoms with Crippen molar-refractivity contribution in [1.82, 2.24) is 4.72 Å². The molecule has 2 aliphatic rings. The Balaban J connectivity index is 1.64. The molecular formula is C24H31N3O4S. The number of carbonyl (C=O) groups excluding carboxylic acids is 1. The van der Waals surface area contributed by atoms with Crippen LogP contribution >= 0.6 is 0 Å². The zero-order valence-corrected chi connectivity index (χ0v) is 19.9. The molecule has 0 radical (unpaired) electrons. The second-order valence-electron chi connectivity index (χ2n) is 9.39. The second-order valence-corrected chi connectivity index (χ2v) is 11.1. The summed E-state index contributed by atoms with van der Waals surface area (Å²) < 4.78 is 30.4. The summed E-state index contributed by atoms with van der Waals surface area (Å²) in [6, 6.07) is 12.1. The molecule has 0 bridgehead atoms. The maximum absolute atomic E-state index is 12.4. The Kier molecular flexibility index (Phi) is 5.94. The minimum atomic E-state index is -3.61. The molecule has 2 aliphatic heterocycles. The molecule has 1 atom stereocenters. The largest absolute Gasteiger partial charge is 0.378 e. The molecule has 4 rings (SSSR count). The molecule has 0 saturated carbocycles. The number of ether oxygens (including phenoxy) is 1. The first-order chi connectivity index (χ1) is 15.0. The number of nitrogens with zero attached hydrogens (tertiary/aromatic N) is 1. The van der Waals surface area contributed by atoms with Crippen LogP contribution in [0.5, 0.6) is 0 Å². The van der Waals surface area contributed by atoms with Crippen LogP contribution in [-0.4, -0.2) is 46.9 Å². The fraction of sp³-hybridized carbons (Fsp3) is 0.458. The highest BCUT2D eigenvalue weighted by atomic mass is 32.2. The molecule has 172 valence electrons. The Hall–Kier alpha value is -2.58. The van der Waals surface area contributed by atoms with Crippen molar-refractivity contribution >= 4 is 27.3 Å². The molecule has 2 N–H and O–H groups in total. The lowest BCUT2D eigenvalue weighted by atomic mass is 9.73. The van der Waals surface area contributed by atoms with Crippen molar-refractivity contribution in [3.8, 4) is 0 Å². The van der Waals surface area contributed by atoms with Gasteiger partial charge in [0.2, 0.25) is 10.0 Å². The van der Waals surface area contributed by atoms with Gasteiger partial charge in [-0.25, -0.2) is 13.1 Å². The first-order valence-electron chi connectivity index (χ1n) is 10.9. The summed E-state index contributed by atoms with van der Waals surface area (Å²) in [5.41, 5.74) is 5.85. The molecule has 0 aliphatic carbocycles. The lowest BCUT2D eigenvalue weighted by molar-refractivity contribution is 0.0981. The Morgan fingerprint density at radius 2 is 1.88 bits per heavy atom. The smallest absolute Gasteiger partial charge is 0.264 e. The molecule has 8 heteroatoms. The van der Waals surface area contributed by atoms with Gasteiger partial charge in [-0.15, -0.1) is 0 Å². The van der Waals surface area contributed by atoms with Crippen molar-refractivity contribution in [1.29, 1.82) is 0 Å². The van der Waals surface area contributed by atoms with E-state index in [4.69, 9.17) is 4.74 Å². The normalized spacial score (nSPS) is 20.2. The standard InChI is InChI=1S/C24H31N3O4S/c1-16-5-7-18(27-9-11-31-12-10-27)14-19(16)22-15-24(2,3)20-13-17(6-8-21(20)25-22)23(28)26-32(4,29)30/h5-8,13-14,22,25H,9-12,15H2,1-4H3,(H,26,28). The highest BCUT2D eigenvalue weighted by molar-refractivity contribution is 7.89. The number of carbonyl (C=O) groups is 1. The zero-order valence-electron chi connectivity index (χ0n) is 19.1. The average Bonchev–Trinajstić information content (AvgIpc) is 2.73. The summed E-state index contributed by atoms with van der Waals surface area (Å²) in [5, 5.41) is 3.66. The number of nitrogens with one attached hydrogen (secondary N) is 2. The third-order valence-electron chi connectivity index (χ3n) is 6.35. The third kappa shape index (κ3) is 4.76. The van der Waals surface area contributed by atoms with Crippen LogP contribution in [0.15, 0.2) is 36.4 Å². The summed E-state index contributed by atoms with van der Waals surface area (Å²) in [5.74, 6) is -0.609. The highest BCUT2D eigenvalue weighted by Gasteiger charge is 2.35. The van der Waals surface area contributed by atoms with E-state index in [9.17, 15) is 13.2 Å². The average molecular weight is 458 g/mol. The van der Waals surface area contributed by atoms with Crippen molar-refractivity contribution in [2.24, 2.45) is 0 Å². The molecule has 2 aromatic rings. The van der Waals surface area contributed by atoms with E-state index in [2.05, 4.69) is 49.2 Å². The number of fused-ring (bicyclic) bond motifs is 1. The molecule has 0 spiro atoms. The summed E-state index contributed by atoms with van der Waals surface area (Å²) >= 11 is 0. The molecule has 1 amide bonds. The summed E-state index contributed by atoms with van der Waals surface area (Å²) in [4.78, 5) is 14.7. The maximum Gasteiger partial charge on any atom is 0.264 e. The Morgan fingerprint density at radius 1 is 1.16 bits per heavy atom. The van der Waals surface area contributed by atoms with Gasteiger partial charge < -0.3 is 15.0 Å². The lowest BCUT2D eigenvalue weighted by Gasteiger charge is -2.40. The lowest BCUT2D eigenvalue weighted by Crippen LogP contribution is -2.36. The zero-order chi connectivity index (χ0) is 23.1. The van der Waals surface area contributed by atoms with Crippen molar-refractivity contribution in [3.63, 3.8) is 0 Å². The van der Waals surface area contributed by atoms with E-state index < -0.39 is 15.9 Å². The molecular weight excluding hydrogens is 426 g/mol. The molecule has 1 saturated heterocycles. The predicted molar refractivity (Wildman–Crippen MR) is 127 cm³/mol. The second kappa shape index (κ2) is 8.41. The van der Waals surface area contributed by atoms with Crippen LogP contribution < -0.4 is 14.9 Å². The number of hydrogen-bond acceptors (Lipinski definition) is 6. The van der Waals surface area contributed by atoms with Crippen molar-refractivity contribution < 1.29 is 17.9 Å². The van der Waals surface area contributed by atoms with Crippen LogP contribution in [0, 0.1) is 6.92 Å². The minimum absolute atomic E-state index is 0.134. The summed E-state index contributed by atoms with van der Waals surface area (Å²) in [7, 11) is -3.61. The number of sulfonamides is 1. The van der Waals surface area contributed by atoms with E-state index in [1.54, 1.807) is 12.1 Å². The summed E-state index contributed by atoms with van der Waals surface area (Å²) in [6.45, 7) is 9.76. The molecule has 2 aromatic carbocycles. The number of hydrogen-bond donors (Lipinski definition) is 2. The first kappa shape index (κ1) is 22.6. The van der Waals surface area contributed by atoms with Gasteiger partial charge in [0.25, 0.3) is 5.91 Å². The molecule has 1 fully saturated rings. The van der Waals surface area contributed by atoms with E-state index in [0.717, 1.165) is 50.2 Å². The third-order valence-corrected chi connectivity index (χ3v) is 6.90. The maximum atomic E-state index is 12.4. The highest BCUT2D eigenvalue weighted by Crippen LogP contribution is 2.45. The van der Waals surface area contributed by atoms with Crippen LogP contribution in [0.4, 0.5) is 11.4 Å². The number of rotatable bonds is 4. The van der Waals surface area contributed by atoms with Gasteiger partial charge in [0.05, 0.1) is 25.5 Å². The van der Waals surface area contributed by atoms with E-state index in [0.29, 0.717) is 5.56 Å². The van der Waals surface area contributed by atoms with E-state index in [1.165, 1.54) is 16.8 Å². The topological polar surface area (TPSA) is 87.7 Å². The SMILES string of the molecule is Cc1ccc(N2CCOCC2)cc1C1CC(C)(C)c2cc(C(=O)NS(C)(=O)=O)ccc2N1. The Labute approximate surface area is 190 Å². The van der Waals surface area contributed by atoms with Crippen LogP contribution in [0.25, 0.3) is 0 Å². The Bertz CT molecular complexity index is 1140. The number of amides is 1. The van der Waals surface area contributed by atoms with Crippen LogP contribution in [0.2, 0.25) is 0 Å². The summed E-state index contributed by atoms with van der Waals surface area (Å²) in [6.07, 6.45) is 1.83. The number of aryl methyl sites for hydroxylation is 1. The van der Waals surface area contributed by atoms with Crippen molar-refractivity contribution in [3.05, 3.63) is 58.7 Å². The quantitative estimate of drug-likeness (QED) is 0.732. The fourth-order valence-electron chi connectivity index (χ4n) is 4.67. The number of anilines is 2. The van der Waals surface area contributed by atoms with Gasteiger partial charge in [-0.2, -0.15) is 0 Å². The first-order valence-corrected chi connectivity index (χ1v) is 12.8. The van der Waals surface area contributed by atoms with Gasteiger partial charge in [-0.3, -0.25) is 4.79 Å². The van der Waals surface area contributed by atoms with E-state index in [-0.39, 0.29) is 11.5 Å². The van der Waals surface area contributed by atoms with Crippen molar-refractivity contribution in [2.75, 3.05) is 42.8 Å². The van der Waals surface area contributed by atoms with Gasteiger partial charge in [0.1, 0.15) is 0 Å². The number of morpholine rings is 1. The van der Waals surface area contributed by atoms with Crippen LogP contribution in [0.1, 0.15) is 53.4 Å². The molecule has 32 heavy (non-hydrogen) atoms. The van der Waals surface area contributed by atoms with Gasteiger partial charge in [0.15, 0.2) is 0 Å². The van der Waals surface area contributed by atoms with E-state index >= 15 is 0 Å². The van der Waals surface area contributed by atoms with Gasteiger partial charge >= 0.3 is 0 Å². The molecule has 1 unspecified atom stereocenters. The molecule has 2 heterocycles. The van der Waals surface area contributed by atoms with Crippen LogP contribution in [-0.2, 0) is 20.2 Å². The van der Waals surface area contributed by atoms with Gasteiger partial charge in [-0.1, -0.05) is 19.9 Å². The minimum Gasteiger partial charge on any atom is -0.378 e. The monoisotopic (exact) mass is 457 g/mol. The fourth-order valence-corrected chi connectivity index (χ4v) is 5.12.